The van der Waals surface area contributed by atoms with Crippen molar-refractivity contribution in [2.24, 2.45) is 0 Å². The first kappa shape index (κ1) is 13.9. The van der Waals surface area contributed by atoms with Crippen LogP contribution in [0.5, 0.6) is 0 Å². The van der Waals surface area contributed by atoms with Crippen molar-refractivity contribution in [1.29, 1.82) is 0 Å². The summed E-state index contributed by atoms with van der Waals surface area (Å²) in [5.74, 6) is -1.73. The van der Waals surface area contributed by atoms with E-state index in [0.29, 0.717) is 17.1 Å². The molecule has 2 nitrogen and oxygen atoms in total. The zero-order valence-electron chi connectivity index (χ0n) is 10.3. The fourth-order valence-electron chi connectivity index (χ4n) is 1.92. The average molecular weight is 283 g/mol. The summed E-state index contributed by atoms with van der Waals surface area (Å²) >= 11 is 6.11. The zero-order chi connectivity index (χ0) is 13.8. The molecule has 1 N–H and O–H groups in total. The van der Waals surface area contributed by atoms with Gasteiger partial charge in [0.2, 0.25) is 0 Å². The Hall–Kier alpha value is -1.52. The van der Waals surface area contributed by atoms with E-state index in [1.807, 2.05) is 6.92 Å². The molecular weight excluding hydrogens is 270 g/mol. The number of pyridine rings is 1. The third-order valence-corrected chi connectivity index (χ3v) is 3.12. The summed E-state index contributed by atoms with van der Waals surface area (Å²) in [7, 11) is 0. The molecule has 0 amide bonds. The molecule has 0 aliphatic carbocycles. The van der Waals surface area contributed by atoms with Crippen LogP contribution >= 0.6 is 11.6 Å². The summed E-state index contributed by atoms with van der Waals surface area (Å²) in [6.07, 6.45) is 3.15. The van der Waals surface area contributed by atoms with Crippen LogP contribution in [0.25, 0.3) is 0 Å². The van der Waals surface area contributed by atoms with Crippen molar-refractivity contribution in [3.05, 3.63) is 64.4 Å². The van der Waals surface area contributed by atoms with Gasteiger partial charge in [0.1, 0.15) is 0 Å². The molecule has 1 unspecified atom stereocenters. The second kappa shape index (κ2) is 6.08. The summed E-state index contributed by atoms with van der Waals surface area (Å²) in [6.45, 7) is 2.60. The molecule has 0 aliphatic rings. The van der Waals surface area contributed by atoms with Gasteiger partial charge in [0.15, 0.2) is 11.6 Å². The maximum atomic E-state index is 13.3. The standard InChI is InChI=1S/C14H13ClF2N2/c1-2-19-14(10-5-6-18-8-11(10)15)9-3-4-12(16)13(17)7-9/h3-8,14,19H,2H2,1H3. The lowest BCUT2D eigenvalue weighted by Gasteiger charge is -2.20. The summed E-state index contributed by atoms with van der Waals surface area (Å²) < 4.78 is 26.3. The molecule has 0 radical (unpaired) electrons. The highest BCUT2D eigenvalue weighted by molar-refractivity contribution is 6.31. The van der Waals surface area contributed by atoms with Gasteiger partial charge in [-0.05, 0) is 35.9 Å². The third kappa shape index (κ3) is 3.08. The molecule has 1 heterocycles. The van der Waals surface area contributed by atoms with Gasteiger partial charge in [-0.1, -0.05) is 24.6 Å². The Kier molecular flexibility index (Phi) is 4.45. The van der Waals surface area contributed by atoms with Crippen LogP contribution in [-0.4, -0.2) is 11.5 Å². The summed E-state index contributed by atoms with van der Waals surface area (Å²) in [5, 5.41) is 3.69. The Morgan fingerprint density at radius 2 is 2.05 bits per heavy atom. The highest BCUT2D eigenvalue weighted by atomic mass is 35.5. The van der Waals surface area contributed by atoms with E-state index in [-0.39, 0.29) is 6.04 Å². The highest BCUT2D eigenvalue weighted by Gasteiger charge is 2.17. The largest absolute Gasteiger partial charge is 0.306 e. The van der Waals surface area contributed by atoms with Crippen molar-refractivity contribution in [3.63, 3.8) is 0 Å². The van der Waals surface area contributed by atoms with Gasteiger partial charge in [0.05, 0.1) is 11.1 Å². The van der Waals surface area contributed by atoms with E-state index in [9.17, 15) is 8.78 Å². The van der Waals surface area contributed by atoms with Crippen LogP contribution in [0.2, 0.25) is 5.02 Å². The molecule has 1 aromatic heterocycles. The lowest BCUT2D eigenvalue weighted by molar-refractivity contribution is 0.504. The normalized spacial score (nSPS) is 12.4. The van der Waals surface area contributed by atoms with E-state index >= 15 is 0 Å². The molecule has 2 aromatic rings. The molecule has 0 bridgehead atoms. The van der Waals surface area contributed by atoms with Gasteiger partial charge in [-0.2, -0.15) is 0 Å². The van der Waals surface area contributed by atoms with Crippen molar-refractivity contribution in [3.8, 4) is 0 Å². The molecule has 0 saturated carbocycles. The van der Waals surface area contributed by atoms with Gasteiger partial charge in [0, 0.05) is 12.4 Å². The van der Waals surface area contributed by atoms with Crippen LogP contribution in [-0.2, 0) is 0 Å². The molecule has 0 saturated heterocycles. The minimum absolute atomic E-state index is 0.296. The first-order chi connectivity index (χ1) is 9.13. The highest BCUT2D eigenvalue weighted by Crippen LogP contribution is 2.28. The van der Waals surface area contributed by atoms with Crippen LogP contribution in [0.3, 0.4) is 0 Å². The number of aromatic nitrogens is 1. The molecule has 1 atom stereocenters. The molecule has 1 aromatic carbocycles. The topological polar surface area (TPSA) is 24.9 Å². The summed E-state index contributed by atoms with van der Waals surface area (Å²) in [4.78, 5) is 3.92. The van der Waals surface area contributed by atoms with E-state index in [4.69, 9.17) is 11.6 Å². The molecule has 2 rings (SSSR count). The number of rotatable bonds is 4. The van der Waals surface area contributed by atoms with E-state index in [1.54, 1.807) is 18.3 Å². The maximum absolute atomic E-state index is 13.3. The van der Waals surface area contributed by atoms with Crippen LogP contribution < -0.4 is 5.32 Å². The Labute approximate surface area is 115 Å². The Bertz CT molecular complexity index is 575. The van der Waals surface area contributed by atoms with Crippen LogP contribution in [0, 0.1) is 11.6 Å². The Morgan fingerprint density at radius 3 is 2.68 bits per heavy atom. The third-order valence-electron chi connectivity index (χ3n) is 2.80. The van der Waals surface area contributed by atoms with Gasteiger partial charge >= 0.3 is 0 Å². The molecular formula is C14H13ClF2N2. The summed E-state index contributed by atoms with van der Waals surface area (Å²) in [6, 6.07) is 5.30. The fraction of sp³-hybridized carbons (Fsp3) is 0.214. The van der Waals surface area contributed by atoms with Crippen molar-refractivity contribution in [1.82, 2.24) is 10.3 Å². The second-order valence-electron chi connectivity index (χ2n) is 4.06. The summed E-state index contributed by atoms with van der Waals surface area (Å²) in [5.41, 5.74) is 1.40. The zero-order valence-corrected chi connectivity index (χ0v) is 11.1. The first-order valence-corrected chi connectivity index (χ1v) is 6.29. The van der Waals surface area contributed by atoms with Gasteiger partial charge in [-0.25, -0.2) is 8.78 Å². The predicted molar refractivity (Wildman–Crippen MR) is 71.1 cm³/mol. The SMILES string of the molecule is CCNC(c1ccc(F)c(F)c1)c1ccncc1Cl. The molecule has 100 valence electrons. The molecule has 0 aliphatic heterocycles. The van der Waals surface area contributed by atoms with E-state index < -0.39 is 11.6 Å². The van der Waals surface area contributed by atoms with Crippen molar-refractivity contribution < 1.29 is 8.78 Å². The van der Waals surface area contributed by atoms with E-state index in [2.05, 4.69) is 10.3 Å². The number of halogens is 3. The van der Waals surface area contributed by atoms with E-state index in [0.717, 1.165) is 11.6 Å². The number of nitrogens with one attached hydrogen (secondary N) is 1. The van der Waals surface area contributed by atoms with Crippen molar-refractivity contribution >= 4 is 11.6 Å². The van der Waals surface area contributed by atoms with Gasteiger partial charge in [0.25, 0.3) is 0 Å². The number of hydrogen-bond acceptors (Lipinski definition) is 2. The van der Waals surface area contributed by atoms with Crippen LogP contribution in [0.1, 0.15) is 24.1 Å². The number of hydrogen-bond donors (Lipinski definition) is 1. The van der Waals surface area contributed by atoms with Crippen LogP contribution in [0.4, 0.5) is 8.78 Å². The van der Waals surface area contributed by atoms with Gasteiger partial charge in [-0.3, -0.25) is 4.98 Å². The number of benzene rings is 1. The average Bonchev–Trinajstić information content (AvgIpc) is 2.40. The molecule has 5 heteroatoms. The minimum Gasteiger partial charge on any atom is -0.306 e. The van der Waals surface area contributed by atoms with Gasteiger partial charge in [-0.15, -0.1) is 0 Å². The predicted octanol–water partition coefficient (Wildman–Crippen LogP) is 3.71. The maximum Gasteiger partial charge on any atom is 0.159 e. The lowest BCUT2D eigenvalue weighted by atomic mass is 9.99. The Balaban J connectivity index is 2.45. The second-order valence-corrected chi connectivity index (χ2v) is 4.47. The fourth-order valence-corrected chi connectivity index (χ4v) is 2.15. The van der Waals surface area contributed by atoms with E-state index in [1.165, 1.54) is 12.3 Å². The first-order valence-electron chi connectivity index (χ1n) is 5.91. The monoisotopic (exact) mass is 282 g/mol. The smallest absolute Gasteiger partial charge is 0.159 e. The molecule has 0 fully saturated rings. The quantitative estimate of drug-likeness (QED) is 0.925. The minimum atomic E-state index is -0.870. The van der Waals surface area contributed by atoms with Gasteiger partial charge < -0.3 is 5.32 Å². The van der Waals surface area contributed by atoms with Crippen molar-refractivity contribution in [2.45, 2.75) is 13.0 Å². The van der Waals surface area contributed by atoms with Crippen molar-refractivity contribution in [2.75, 3.05) is 6.54 Å². The van der Waals surface area contributed by atoms with Crippen LogP contribution in [0.15, 0.2) is 36.7 Å². The number of nitrogens with zero attached hydrogens (tertiary/aromatic N) is 1. The molecule has 0 spiro atoms. The Morgan fingerprint density at radius 1 is 1.26 bits per heavy atom. The lowest BCUT2D eigenvalue weighted by Crippen LogP contribution is -2.22. The molecule has 19 heavy (non-hydrogen) atoms.